The number of benzene rings is 1. The molecule has 0 saturated heterocycles. The third-order valence-electron chi connectivity index (χ3n) is 4.32. The summed E-state index contributed by atoms with van der Waals surface area (Å²) in [6, 6.07) is 9.58. The number of carbonyl (C=O) groups is 1. The minimum atomic E-state index is -4.49. The van der Waals surface area contributed by atoms with Gasteiger partial charge in [0.25, 0.3) is 0 Å². The Labute approximate surface area is 178 Å². The van der Waals surface area contributed by atoms with E-state index < -0.39 is 29.6 Å². The Balaban J connectivity index is 1.96. The molecule has 0 fully saturated rings. The summed E-state index contributed by atoms with van der Waals surface area (Å²) in [6.07, 6.45) is 2.09. The van der Waals surface area contributed by atoms with Crippen molar-refractivity contribution >= 4 is 27.9 Å². The minimum absolute atomic E-state index is 0.0176. The van der Waals surface area contributed by atoms with Gasteiger partial charge in [0, 0.05) is 24.9 Å². The number of hydrogen-bond donors (Lipinski definition) is 0. The van der Waals surface area contributed by atoms with Crippen molar-refractivity contribution in [2.75, 3.05) is 13.7 Å². The maximum absolute atomic E-state index is 13.1. The van der Waals surface area contributed by atoms with Gasteiger partial charge in [0.1, 0.15) is 5.75 Å². The van der Waals surface area contributed by atoms with E-state index in [4.69, 9.17) is 11.2 Å². The second-order valence-electron chi connectivity index (χ2n) is 6.46. The molecule has 11 heteroatoms. The van der Waals surface area contributed by atoms with Gasteiger partial charge in [0.2, 0.25) is 5.16 Å². The molecule has 7 nitrogen and oxygen atoms in total. The van der Waals surface area contributed by atoms with E-state index in [1.165, 1.54) is 26.2 Å². The van der Waals surface area contributed by atoms with Crippen LogP contribution in [0.2, 0.25) is 0 Å². The zero-order chi connectivity index (χ0) is 22.8. The average Bonchev–Trinajstić information content (AvgIpc) is 3.12. The minimum Gasteiger partial charge on any atom is -0.484 e. The fraction of sp³-hybridized carbons (Fsp3) is 0.250. The number of fused-ring (bicyclic) bond motifs is 1. The number of pyridine rings is 1. The Morgan fingerprint density at radius 2 is 2.03 bits per heavy atom. The largest absolute Gasteiger partial charge is 0.484 e. The maximum atomic E-state index is 13.1. The maximum Gasteiger partial charge on any atom is 0.422 e. The fourth-order valence-electron chi connectivity index (χ4n) is 2.76. The van der Waals surface area contributed by atoms with Gasteiger partial charge in [0.05, 0.1) is 33.3 Å². The van der Waals surface area contributed by atoms with Gasteiger partial charge in [0.15, 0.2) is 6.61 Å². The molecule has 2 aromatic heterocycles. The molecule has 1 aromatic carbocycles. The number of hydrogen-bond acceptors (Lipinski definition) is 5. The second-order valence-corrected chi connectivity index (χ2v) is 7.81. The van der Waals surface area contributed by atoms with E-state index in [0.29, 0.717) is 16.6 Å². The molecule has 0 spiro atoms. The molecule has 0 aliphatic carbocycles. The first kappa shape index (κ1) is 22.3. The number of ether oxygens (including phenoxy) is 1. The van der Waals surface area contributed by atoms with Crippen LogP contribution in [0.15, 0.2) is 41.7 Å². The number of carbonyl (C=O) groups excluding carboxylic acids is 1. The van der Waals surface area contributed by atoms with Crippen molar-refractivity contribution in [3.05, 3.63) is 47.8 Å². The molecular formula is C20H17F3N4O3S. The highest BCUT2D eigenvalue weighted by Crippen LogP contribution is 2.26. The third kappa shape index (κ3) is 4.86. The lowest BCUT2D eigenvalue weighted by atomic mass is 10.2. The van der Waals surface area contributed by atoms with Crippen LogP contribution in [0.5, 0.6) is 5.75 Å². The number of halogens is 3. The SMILES string of the molecule is C#CN(C)C(=O)n1c(S(=O)Cc2nccc(OCC(F)(F)F)c2C)nc2ccccc21. The first-order valence-electron chi connectivity index (χ1n) is 8.86. The van der Waals surface area contributed by atoms with Crippen LogP contribution in [0.1, 0.15) is 11.3 Å². The number of aromatic nitrogens is 3. The van der Waals surface area contributed by atoms with Crippen molar-refractivity contribution in [1.82, 2.24) is 19.4 Å². The van der Waals surface area contributed by atoms with Crippen LogP contribution in [0.4, 0.5) is 18.0 Å². The van der Waals surface area contributed by atoms with Crippen molar-refractivity contribution in [1.29, 1.82) is 0 Å². The molecule has 2 heterocycles. The molecule has 0 radical (unpaired) electrons. The number of nitrogens with zero attached hydrogens (tertiary/aromatic N) is 4. The average molecular weight is 450 g/mol. The first-order chi connectivity index (χ1) is 14.6. The second kappa shape index (κ2) is 8.77. The van der Waals surface area contributed by atoms with Gasteiger partial charge in [-0.1, -0.05) is 18.6 Å². The summed E-state index contributed by atoms with van der Waals surface area (Å²) in [6.45, 7) is 0.0641. The van der Waals surface area contributed by atoms with Crippen molar-refractivity contribution < 1.29 is 26.9 Å². The Morgan fingerprint density at radius 1 is 1.32 bits per heavy atom. The Kier molecular flexibility index (Phi) is 6.31. The molecule has 1 unspecified atom stereocenters. The highest BCUT2D eigenvalue weighted by atomic mass is 32.2. The number of terminal acetylenes is 1. The van der Waals surface area contributed by atoms with E-state index in [2.05, 4.69) is 16.0 Å². The lowest BCUT2D eigenvalue weighted by Crippen LogP contribution is -2.28. The molecule has 0 aliphatic rings. The van der Waals surface area contributed by atoms with Crippen LogP contribution in [0, 0.1) is 19.4 Å². The lowest BCUT2D eigenvalue weighted by molar-refractivity contribution is -0.153. The Bertz CT molecular complexity index is 1200. The number of imidazole rings is 1. The van der Waals surface area contributed by atoms with Crippen LogP contribution in [0.3, 0.4) is 0 Å². The molecular weight excluding hydrogens is 433 g/mol. The van der Waals surface area contributed by atoms with E-state index in [9.17, 15) is 22.2 Å². The monoisotopic (exact) mass is 450 g/mol. The van der Waals surface area contributed by atoms with Crippen molar-refractivity contribution in [3.63, 3.8) is 0 Å². The van der Waals surface area contributed by atoms with E-state index >= 15 is 0 Å². The topological polar surface area (TPSA) is 77.3 Å². The van der Waals surface area contributed by atoms with Crippen LogP contribution in [-0.4, -0.2) is 49.5 Å². The van der Waals surface area contributed by atoms with E-state index in [-0.39, 0.29) is 22.4 Å². The summed E-state index contributed by atoms with van der Waals surface area (Å²) in [4.78, 5) is 22.2. The fourth-order valence-corrected chi connectivity index (χ4v) is 4.00. The van der Waals surface area contributed by atoms with E-state index in [0.717, 1.165) is 9.47 Å². The van der Waals surface area contributed by atoms with Crippen LogP contribution in [0.25, 0.3) is 11.0 Å². The Morgan fingerprint density at radius 3 is 2.71 bits per heavy atom. The highest BCUT2D eigenvalue weighted by molar-refractivity contribution is 7.84. The van der Waals surface area contributed by atoms with Gasteiger partial charge >= 0.3 is 12.2 Å². The van der Waals surface area contributed by atoms with E-state index in [1.807, 2.05) is 0 Å². The number of rotatable bonds is 5. The number of amides is 1. The molecule has 3 aromatic rings. The van der Waals surface area contributed by atoms with Crippen LogP contribution < -0.4 is 4.74 Å². The summed E-state index contributed by atoms with van der Waals surface area (Å²) >= 11 is 0. The summed E-state index contributed by atoms with van der Waals surface area (Å²) in [5.74, 6) is -0.207. The summed E-state index contributed by atoms with van der Waals surface area (Å²) in [5, 5.41) is -0.0453. The zero-order valence-corrected chi connectivity index (χ0v) is 17.3. The molecule has 31 heavy (non-hydrogen) atoms. The molecule has 0 N–H and O–H groups in total. The van der Waals surface area contributed by atoms with Crippen LogP contribution in [-0.2, 0) is 16.6 Å². The van der Waals surface area contributed by atoms with Crippen molar-refractivity contribution in [2.45, 2.75) is 24.0 Å². The summed E-state index contributed by atoms with van der Waals surface area (Å²) in [7, 11) is -0.476. The lowest BCUT2D eigenvalue weighted by Gasteiger charge is -2.14. The van der Waals surface area contributed by atoms with Gasteiger partial charge in [-0.15, -0.1) is 0 Å². The first-order valence-corrected chi connectivity index (χ1v) is 10.2. The normalized spacial score (nSPS) is 12.4. The van der Waals surface area contributed by atoms with Crippen molar-refractivity contribution in [3.8, 4) is 18.2 Å². The molecule has 0 saturated carbocycles. The zero-order valence-electron chi connectivity index (χ0n) is 16.5. The highest BCUT2D eigenvalue weighted by Gasteiger charge is 2.29. The molecule has 162 valence electrons. The molecule has 0 aliphatic heterocycles. The van der Waals surface area contributed by atoms with Gasteiger partial charge in [-0.25, -0.2) is 14.3 Å². The molecule has 1 amide bonds. The predicted octanol–water partition coefficient (Wildman–Crippen LogP) is 3.48. The third-order valence-corrected chi connectivity index (χ3v) is 5.54. The summed E-state index contributed by atoms with van der Waals surface area (Å²) < 4.78 is 56.5. The van der Waals surface area contributed by atoms with Crippen LogP contribution >= 0.6 is 0 Å². The summed E-state index contributed by atoms with van der Waals surface area (Å²) in [5.41, 5.74) is 1.44. The molecule has 1 atom stereocenters. The molecule has 3 rings (SSSR count). The predicted molar refractivity (Wildman–Crippen MR) is 108 cm³/mol. The van der Waals surface area contributed by atoms with Crippen molar-refractivity contribution in [2.24, 2.45) is 0 Å². The van der Waals surface area contributed by atoms with Gasteiger partial charge < -0.3 is 4.74 Å². The van der Waals surface area contributed by atoms with Gasteiger partial charge in [-0.3, -0.25) is 14.1 Å². The van der Waals surface area contributed by atoms with E-state index in [1.54, 1.807) is 24.3 Å². The quantitative estimate of drug-likeness (QED) is 0.439. The van der Waals surface area contributed by atoms with Gasteiger partial charge in [-0.2, -0.15) is 13.2 Å². The molecule has 0 bridgehead atoms. The van der Waals surface area contributed by atoms with Gasteiger partial charge in [-0.05, 0) is 25.1 Å². The Hall–Kier alpha value is -3.39. The number of alkyl halides is 3. The standard InChI is InChI=1S/C20H17F3N4O3S/c1-4-26(3)19(28)27-16-8-6-5-7-14(16)25-18(27)31(29)11-15-13(2)17(9-10-24-15)30-12-20(21,22)23/h1,5-10H,11-12H2,2-3H3. The number of para-hydroxylation sites is 2. The smallest absolute Gasteiger partial charge is 0.422 e.